The number of methoxy groups -OCH3 is 1. The van der Waals surface area contributed by atoms with Crippen molar-refractivity contribution in [3.05, 3.63) is 69.3 Å². The molecule has 3 rings (SSSR count). The van der Waals surface area contributed by atoms with Crippen LogP contribution < -0.4 is 15.4 Å². The first-order chi connectivity index (χ1) is 13.3. The molecule has 1 atom stereocenters. The summed E-state index contributed by atoms with van der Waals surface area (Å²) in [6.07, 6.45) is 0. The zero-order valence-corrected chi connectivity index (χ0v) is 15.1. The van der Waals surface area contributed by atoms with E-state index in [1.165, 1.54) is 20.1 Å². The van der Waals surface area contributed by atoms with Gasteiger partial charge in [-0.3, -0.25) is 14.9 Å². The molecule has 0 fully saturated rings. The van der Waals surface area contributed by atoms with Crippen LogP contribution in [-0.4, -0.2) is 29.0 Å². The number of carbonyl (C=O) groups is 2. The molecule has 2 aromatic rings. The number of urea groups is 1. The number of nitro groups is 1. The summed E-state index contributed by atoms with van der Waals surface area (Å²) < 4.78 is 5.02. The lowest BCUT2D eigenvalue weighted by Gasteiger charge is -2.29. The SMILES string of the molecule is COc1cc([C@H]2NC(=O)NC(c3ccccc3)=C2C(C)=O)cc([N+](=O)[O-])c1O. The number of aromatic hydroxyl groups is 1. The van der Waals surface area contributed by atoms with Crippen molar-refractivity contribution in [2.24, 2.45) is 0 Å². The average Bonchev–Trinajstić information content (AvgIpc) is 2.67. The smallest absolute Gasteiger partial charge is 0.320 e. The fraction of sp³-hybridized carbons (Fsp3) is 0.158. The third-order valence-electron chi connectivity index (χ3n) is 4.34. The van der Waals surface area contributed by atoms with Crippen molar-refractivity contribution in [2.45, 2.75) is 13.0 Å². The Morgan fingerprint density at radius 3 is 2.50 bits per heavy atom. The largest absolute Gasteiger partial charge is 0.500 e. The van der Waals surface area contributed by atoms with Crippen LogP contribution in [0.5, 0.6) is 11.5 Å². The van der Waals surface area contributed by atoms with Crippen molar-refractivity contribution in [1.82, 2.24) is 10.6 Å². The molecule has 1 aliphatic heterocycles. The summed E-state index contributed by atoms with van der Waals surface area (Å²) in [6, 6.07) is 9.73. The number of nitro benzene ring substituents is 1. The summed E-state index contributed by atoms with van der Waals surface area (Å²) in [5, 5.41) is 26.5. The van der Waals surface area contributed by atoms with Crippen LogP contribution in [0.2, 0.25) is 0 Å². The van der Waals surface area contributed by atoms with Crippen molar-refractivity contribution >= 4 is 23.2 Å². The maximum atomic E-state index is 12.4. The normalized spacial score (nSPS) is 16.2. The lowest BCUT2D eigenvalue weighted by Crippen LogP contribution is -2.44. The highest BCUT2D eigenvalue weighted by Crippen LogP contribution is 2.41. The van der Waals surface area contributed by atoms with Crippen molar-refractivity contribution in [2.75, 3.05) is 7.11 Å². The molecule has 28 heavy (non-hydrogen) atoms. The molecule has 1 heterocycles. The molecule has 0 spiro atoms. The van der Waals surface area contributed by atoms with E-state index in [0.717, 1.165) is 6.07 Å². The van der Waals surface area contributed by atoms with Crippen LogP contribution in [0.1, 0.15) is 24.1 Å². The fourth-order valence-corrected chi connectivity index (χ4v) is 3.10. The number of hydrogen-bond donors (Lipinski definition) is 3. The molecule has 2 aromatic carbocycles. The Labute approximate surface area is 159 Å². The zero-order chi connectivity index (χ0) is 20.4. The summed E-state index contributed by atoms with van der Waals surface area (Å²) in [6.45, 7) is 1.34. The first-order valence-electron chi connectivity index (χ1n) is 8.26. The molecule has 1 aliphatic rings. The molecule has 0 saturated carbocycles. The van der Waals surface area contributed by atoms with Gasteiger partial charge in [0.1, 0.15) is 0 Å². The van der Waals surface area contributed by atoms with Gasteiger partial charge in [-0.05, 0) is 24.1 Å². The highest BCUT2D eigenvalue weighted by Gasteiger charge is 2.34. The van der Waals surface area contributed by atoms with Gasteiger partial charge in [0.25, 0.3) is 0 Å². The molecule has 9 nitrogen and oxygen atoms in total. The fourth-order valence-electron chi connectivity index (χ4n) is 3.10. The lowest BCUT2D eigenvalue weighted by atomic mass is 9.90. The van der Waals surface area contributed by atoms with Gasteiger partial charge >= 0.3 is 11.7 Å². The maximum Gasteiger partial charge on any atom is 0.320 e. The standard InChI is InChI=1S/C19H17N3O6/c1-10(23)15-16(11-6-4-3-5-7-11)20-19(25)21-17(15)12-8-13(22(26)27)18(24)14(9-12)28-2/h3-9,17,24H,1-2H3,(H2,20,21,25)/t17-/m1/s1. The van der Waals surface area contributed by atoms with E-state index in [4.69, 9.17) is 4.74 Å². The van der Waals surface area contributed by atoms with Crippen LogP contribution in [0.3, 0.4) is 0 Å². The van der Waals surface area contributed by atoms with E-state index in [1.807, 2.05) is 0 Å². The Hall–Kier alpha value is -3.88. The molecular formula is C19H17N3O6. The lowest BCUT2D eigenvalue weighted by molar-refractivity contribution is -0.386. The first-order valence-corrected chi connectivity index (χ1v) is 8.26. The van der Waals surface area contributed by atoms with Gasteiger partial charge in [-0.25, -0.2) is 4.79 Å². The van der Waals surface area contributed by atoms with Crippen LogP contribution in [-0.2, 0) is 4.79 Å². The number of amides is 2. The molecule has 3 N–H and O–H groups in total. The molecule has 9 heteroatoms. The molecule has 0 aliphatic carbocycles. The molecule has 0 radical (unpaired) electrons. The van der Waals surface area contributed by atoms with E-state index < -0.39 is 28.4 Å². The molecule has 2 amide bonds. The molecule has 0 unspecified atom stereocenters. The number of hydrogen-bond acceptors (Lipinski definition) is 6. The number of phenolic OH excluding ortho intramolecular Hbond substituents is 1. The second kappa shape index (κ2) is 7.39. The number of carbonyl (C=O) groups excluding carboxylic acids is 2. The summed E-state index contributed by atoms with van der Waals surface area (Å²) in [4.78, 5) is 35.2. The number of phenols is 1. The van der Waals surface area contributed by atoms with Crippen LogP contribution in [0.4, 0.5) is 10.5 Å². The van der Waals surface area contributed by atoms with Gasteiger partial charge < -0.3 is 20.5 Å². The third kappa shape index (κ3) is 3.37. The van der Waals surface area contributed by atoms with Crippen LogP contribution in [0.15, 0.2) is 48.0 Å². The van der Waals surface area contributed by atoms with E-state index in [1.54, 1.807) is 30.3 Å². The van der Waals surface area contributed by atoms with Crippen molar-refractivity contribution in [1.29, 1.82) is 0 Å². The number of nitrogens with one attached hydrogen (secondary N) is 2. The Kier molecular flexibility index (Phi) is 4.99. The van der Waals surface area contributed by atoms with Crippen molar-refractivity contribution < 1.29 is 24.4 Å². The second-order valence-corrected chi connectivity index (χ2v) is 6.09. The van der Waals surface area contributed by atoms with E-state index in [2.05, 4.69) is 10.6 Å². The molecule has 0 bridgehead atoms. The van der Waals surface area contributed by atoms with Crippen molar-refractivity contribution in [3.8, 4) is 11.5 Å². The Balaban J connectivity index is 2.25. The Morgan fingerprint density at radius 1 is 1.25 bits per heavy atom. The molecule has 0 aromatic heterocycles. The molecular weight excluding hydrogens is 366 g/mol. The van der Waals surface area contributed by atoms with Gasteiger partial charge in [0, 0.05) is 11.6 Å². The van der Waals surface area contributed by atoms with Gasteiger partial charge in [-0.15, -0.1) is 0 Å². The Morgan fingerprint density at radius 2 is 1.93 bits per heavy atom. The number of ketones is 1. The van der Waals surface area contributed by atoms with Gasteiger partial charge in [0.05, 0.1) is 23.8 Å². The predicted molar refractivity (Wildman–Crippen MR) is 99.8 cm³/mol. The van der Waals surface area contributed by atoms with E-state index >= 15 is 0 Å². The number of nitrogens with zero attached hydrogens (tertiary/aromatic N) is 1. The quantitative estimate of drug-likeness (QED) is 0.537. The minimum Gasteiger partial charge on any atom is -0.500 e. The average molecular weight is 383 g/mol. The number of benzene rings is 2. The van der Waals surface area contributed by atoms with E-state index in [0.29, 0.717) is 11.3 Å². The summed E-state index contributed by atoms with van der Waals surface area (Å²) in [5.41, 5.74) is 0.804. The van der Waals surface area contributed by atoms with Crippen LogP contribution >= 0.6 is 0 Å². The minimum absolute atomic E-state index is 0.138. The van der Waals surface area contributed by atoms with Gasteiger partial charge in [-0.1, -0.05) is 30.3 Å². The highest BCUT2D eigenvalue weighted by atomic mass is 16.6. The molecule has 144 valence electrons. The summed E-state index contributed by atoms with van der Waals surface area (Å²) in [7, 11) is 1.25. The maximum absolute atomic E-state index is 12.4. The minimum atomic E-state index is -0.963. The summed E-state index contributed by atoms with van der Waals surface area (Å²) >= 11 is 0. The first kappa shape index (κ1) is 18.9. The topological polar surface area (TPSA) is 131 Å². The number of ether oxygens (including phenoxy) is 1. The Bertz CT molecular complexity index is 1000. The summed E-state index contributed by atoms with van der Waals surface area (Å²) in [5.74, 6) is -1.10. The van der Waals surface area contributed by atoms with E-state index in [-0.39, 0.29) is 22.7 Å². The number of rotatable bonds is 5. The van der Waals surface area contributed by atoms with Gasteiger partial charge in [-0.2, -0.15) is 0 Å². The third-order valence-corrected chi connectivity index (χ3v) is 4.34. The predicted octanol–water partition coefficient (Wildman–Crippen LogP) is 2.66. The van der Waals surface area contributed by atoms with Crippen LogP contribution in [0.25, 0.3) is 5.70 Å². The van der Waals surface area contributed by atoms with Gasteiger partial charge in [0.15, 0.2) is 11.5 Å². The highest BCUT2D eigenvalue weighted by molar-refractivity contribution is 6.07. The van der Waals surface area contributed by atoms with Crippen molar-refractivity contribution in [3.63, 3.8) is 0 Å². The number of Topliss-reactive ketones (excluding diaryl/α,β-unsaturated/α-hetero) is 1. The second-order valence-electron chi connectivity index (χ2n) is 6.09. The molecule has 0 saturated heterocycles. The van der Waals surface area contributed by atoms with E-state index in [9.17, 15) is 24.8 Å². The zero-order valence-electron chi connectivity index (χ0n) is 15.1. The monoisotopic (exact) mass is 383 g/mol. The van der Waals surface area contributed by atoms with Gasteiger partial charge in [0.2, 0.25) is 5.75 Å². The van der Waals surface area contributed by atoms with Crippen LogP contribution in [0, 0.1) is 10.1 Å².